The number of aromatic nitrogens is 2. The fraction of sp³-hybridized carbons (Fsp3) is 0.0870. The van der Waals surface area contributed by atoms with Gasteiger partial charge in [-0.15, -0.1) is 0 Å². The molecule has 1 N–H and O–H groups in total. The number of nitrogens with zero attached hydrogens (tertiary/aromatic N) is 2. The van der Waals surface area contributed by atoms with Crippen LogP contribution in [0.4, 0.5) is 15.9 Å². The molecule has 0 radical (unpaired) electrons. The third-order valence-corrected chi connectivity index (χ3v) is 4.59. The molecular weight excluding hydrogens is 369 g/mol. The Kier molecular flexibility index (Phi) is 4.91. The molecule has 2 aromatic carbocycles. The Morgan fingerprint density at radius 2 is 1.69 bits per heavy atom. The first-order chi connectivity index (χ1) is 14.1. The third-order valence-electron chi connectivity index (χ3n) is 4.59. The zero-order chi connectivity index (χ0) is 20.4. The van der Waals surface area contributed by atoms with Crippen LogP contribution in [0.25, 0.3) is 16.7 Å². The lowest BCUT2D eigenvalue weighted by Crippen LogP contribution is -2.16. The van der Waals surface area contributed by atoms with Crippen LogP contribution in [0.3, 0.4) is 0 Å². The Morgan fingerprint density at radius 1 is 1.03 bits per heavy atom. The largest absolute Gasteiger partial charge is 0.341 e. The minimum atomic E-state index is -0.787. The molecule has 2 aromatic heterocycles. The Bertz CT molecular complexity index is 1250. The van der Waals surface area contributed by atoms with Crippen molar-refractivity contribution >= 4 is 28.3 Å². The fourth-order valence-electron chi connectivity index (χ4n) is 3.17. The van der Waals surface area contributed by atoms with Crippen molar-refractivity contribution in [2.45, 2.75) is 13.3 Å². The maximum atomic E-state index is 14.5. The van der Waals surface area contributed by atoms with Gasteiger partial charge in [-0.25, -0.2) is 9.37 Å². The van der Waals surface area contributed by atoms with Crippen molar-refractivity contribution in [2.24, 2.45) is 0 Å². The maximum Gasteiger partial charge on any atom is 0.193 e. The summed E-state index contributed by atoms with van der Waals surface area (Å²) in [5.41, 5.74) is 1.08. The predicted molar refractivity (Wildman–Crippen MR) is 112 cm³/mol. The van der Waals surface area contributed by atoms with Crippen LogP contribution in [0.1, 0.15) is 23.8 Å². The van der Waals surface area contributed by atoms with Gasteiger partial charge in [0.1, 0.15) is 11.5 Å². The molecule has 0 aliphatic heterocycles. The number of rotatable bonds is 5. The van der Waals surface area contributed by atoms with E-state index in [-0.39, 0.29) is 28.6 Å². The van der Waals surface area contributed by atoms with E-state index < -0.39 is 11.6 Å². The second-order valence-corrected chi connectivity index (χ2v) is 6.52. The van der Waals surface area contributed by atoms with Gasteiger partial charge in [0.2, 0.25) is 0 Å². The van der Waals surface area contributed by atoms with Gasteiger partial charge in [0.05, 0.1) is 5.39 Å². The van der Waals surface area contributed by atoms with Gasteiger partial charge < -0.3 is 5.32 Å². The summed E-state index contributed by atoms with van der Waals surface area (Å²) in [5.74, 6) is -0.739. The molecule has 0 aliphatic rings. The quantitative estimate of drug-likeness (QED) is 0.497. The number of Topliss-reactive ketones (excluding diaryl/α,β-unsaturated/α-hetero) is 1. The van der Waals surface area contributed by atoms with Crippen molar-refractivity contribution in [3.8, 4) is 5.69 Å². The van der Waals surface area contributed by atoms with E-state index in [0.29, 0.717) is 5.82 Å². The molecule has 5 nitrogen and oxygen atoms in total. The molecule has 29 heavy (non-hydrogen) atoms. The lowest BCUT2D eigenvalue weighted by molar-refractivity contribution is 0.0979. The average Bonchev–Trinajstić information content (AvgIpc) is 2.75. The standard InChI is InChI=1S/C23H18FN3O2/c1-2-19(28)22-18(24)13-17-20(29)14-21(25-15-9-5-3-6-10-15)27(23(17)26-22)16-11-7-4-8-12-16/h3-14,25H,2H2,1H3. The van der Waals surface area contributed by atoms with E-state index >= 15 is 0 Å². The molecule has 0 fully saturated rings. The number of carbonyl (C=O) groups excluding carboxylic acids is 1. The predicted octanol–water partition coefficient (Wildman–Crippen LogP) is 4.86. The summed E-state index contributed by atoms with van der Waals surface area (Å²) in [6.07, 6.45) is 0.118. The first kappa shape index (κ1) is 18.6. The maximum absolute atomic E-state index is 14.5. The van der Waals surface area contributed by atoms with Gasteiger partial charge in [0.25, 0.3) is 0 Å². The van der Waals surface area contributed by atoms with Gasteiger partial charge in [-0.2, -0.15) is 0 Å². The summed E-state index contributed by atoms with van der Waals surface area (Å²) in [5, 5.41) is 3.33. The summed E-state index contributed by atoms with van der Waals surface area (Å²) in [6, 6.07) is 21.2. The van der Waals surface area contributed by atoms with E-state index in [1.54, 1.807) is 11.5 Å². The second kappa shape index (κ2) is 7.67. The molecule has 4 aromatic rings. The molecule has 4 rings (SSSR count). The Hall–Kier alpha value is -3.80. The van der Waals surface area contributed by atoms with E-state index in [4.69, 9.17) is 0 Å². The highest BCUT2D eigenvalue weighted by molar-refractivity contribution is 5.96. The summed E-state index contributed by atoms with van der Waals surface area (Å²) in [6.45, 7) is 1.64. The lowest BCUT2D eigenvalue weighted by atomic mass is 10.1. The second-order valence-electron chi connectivity index (χ2n) is 6.52. The number of hydrogen-bond acceptors (Lipinski definition) is 4. The monoisotopic (exact) mass is 387 g/mol. The van der Waals surface area contributed by atoms with Crippen molar-refractivity contribution in [2.75, 3.05) is 5.32 Å². The molecule has 0 atom stereocenters. The van der Waals surface area contributed by atoms with E-state index in [1.165, 1.54) is 6.07 Å². The van der Waals surface area contributed by atoms with E-state index in [9.17, 15) is 14.0 Å². The van der Waals surface area contributed by atoms with Crippen molar-refractivity contribution < 1.29 is 9.18 Å². The Labute approximate surface area is 166 Å². The van der Waals surface area contributed by atoms with Gasteiger partial charge >= 0.3 is 0 Å². The third kappa shape index (κ3) is 3.52. The smallest absolute Gasteiger partial charge is 0.193 e. The number of hydrogen-bond donors (Lipinski definition) is 1. The lowest BCUT2D eigenvalue weighted by Gasteiger charge is -2.18. The number of carbonyl (C=O) groups is 1. The number of fused-ring (bicyclic) bond motifs is 1. The summed E-state index contributed by atoms with van der Waals surface area (Å²) >= 11 is 0. The average molecular weight is 387 g/mol. The molecule has 144 valence electrons. The zero-order valence-electron chi connectivity index (χ0n) is 15.7. The van der Waals surface area contributed by atoms with Gasteiger partial charge in [-0.05, 0) is 30.3 Å². The minimum Gasteiger partial charge on any atom is -0.341 e. The number of para-hydroxylation sites is 2. The minimum absolute atomic E-state index is 0.109. The molecule has 0 amide bonds. The van der Waals surface area contributed by atoms with Gasteiger partial charge in [-0.1, -0.05) is 43.3 Å². The number of nitrogens with one attached hydrogen (secondary N) is 1. The van der Waals surface area contributed by atoms with Crippen LogP contribution in [-0.2, 0) is 0 Å². The first-order valence-electron chi connectivity index (χ1n) is 9.25. The van der Waals surface area contributed by atoms with Crippen molar-refractivity contribution in [3.05, 3.63) is 94.5 Å². The number of halogens is 1. The molecule has 0 aliphatic carbocycles. The molecule has 2 heterocycles. The van der Waals surface area contributed by atoms with Crippen LogP contribution < -0.4 is 10.7 Å². The van der Waals surface area contributed by atoms with E-state index in [0.717, 1.165) is 17.4 Å². The molecule has 0 saturated heterocycles. The van der Waals surface area contributed by atoms with Gasteiger partial charge in [0.15, 0.2) is 22.7 Å². The number of ketones is 1. The van der Waals surface area contributed by atoms with Crippen LogP contribution in [0.2, 0.25) is 0 Å². The van der Waals surface area contributed by atoms with Gasteiger partial charge in [0, 0.05) is 23.9 Å². The molecule has 0 spiro atoms. The number of pyridine rings is 2. The van der Waals surface area contributed by atoms with Crippen molar-refractivity contribution in [3.63, 3.8) is 0 Å². The Balaban J connectivity index is 2.05. The summed E-state index contributed by atoms with van der Waals surface area (Å²) in [7, 11) is 0. The molecule has 0 unspecified atom stereocenters. The number of benzene rings is 2. The first-order valence-corrected chi connectivity index (χ1v) is 9.25. The molecule has 0 saturated carbocycles. The zero-order valence-corrected chi connectivity index (χ0v) is 15.7. The van der Waals surface area contributed by atoms with Crippen molar-refractivity contribution in [1.29, 1.82) is 0 Å². The highest BCUT2D eigenvalue weighted by Gasteiger charge is 2.19. The van der Waals surface area contributed by atoms with Crippen LogP contribution in [0, 0.1) is 5.82 Å². The van der Waals surface area contributed by atoms with Crippen molar-refractivity contribution in [1.82, 2.24) is 9.55 Å². The molecular formula is C23H18FN3O2. The highest BCUT2D eigenvalue weighted by Crippen LogP contribution is 2.25. The van der Waals surface area contributed by atoms with Crippen LogP contribution in [0.5, 0.6) is 0 Å². The normalized spacial score (nSPS) is 10.8. The van der Waals surface area contributed by atoms with Crippen LogP contribution in [-0.4, -0.2) is 15.3 Å². The van der Waals surface area contributed by atoms with E-state index in [1.807, 2.05) is 60.7 Å². The van der Waals surface area contributed by atoms with Gasteiger partial charge in [-0.3, -0.25) is 14.2 Å². The Morgan fingerprint density at radius 3 is 2.34 bits per heavy atom. The SMILES string of the molecule is CCC(=O)c1nc2c(cc1F)c(=O)cc(Nc1ccccc1)n2-c1ccccc1. The highest BCUT2D eigenvalue weighted by atomic mass is 19.1. The summed E-state index contributed by atoms with van der Waals surface area (Å²) < 4.78 is 16.2. The summed E-state index contributed by atoms with van der Waals surface area (Å²) in [4.78, 5) is 29.2. The topological polar surface area (TPSA) is 64.0 Å². The fourth-order valence-corrected chi connectivity index (χ4v) is 3.17. The molecule has 0 bridgehead atoms. The van der Waals surface area contributed by atoms with Crippen LogP contribution >= 0.6 is 0 Å². The molecule has 6 heteroatoms. The number of anilines is 2. The van der Waals surface area contributed by atoms with E-state index in [2.05, 4.69) is 10.3 Å². The van der Waals surface area contributed by atoms with Crippen LogP contribution in [0.15, 0.2) is 77.6 Å².